The molecule has 168 valence electrons. The van der Waals surface area contributed by atoms with E-state index in [0.29, 0.717) is 50.0 Å². The van der Waals surface area contributed by atoms with Crippen molar-refractivity contribution in [3.05, 3.63) is 41.2 Å². The van der Waals surface area contributed by atoms with Gasteiger partial charge in [-0.15, -0.1) is 5.10 Å². The molecule has 1 saturated heterocycles. The minimum absolute atomic E-state index is 0.0389. The van der Waals surface area contributed by atoms with Gasteiger partial charge in [-0.3, -0.25) is 9.69 Å². The Morgan fingerprint density at radius 2 is 2.12 bits per heavy atom. The minimum atomic E-state index is -0.517. The molecule has 0 unspecified atom stereocenters. The van der Waals surface area contributed by atoms with E-state index in [0.717, 1.165) is 5.56 Å². The van der Waals surface area contributed by atoms with E-state index in [9.17, 15) is 4.79 Å². The number of carbonyl (C=O) groups excluding carboxylic acids is 1. The highest BCUT2D eigenvalue weighted by Crippen LogP contribution is 2.18. The first-order valence-corrected chi connectivity index (χ1v) is 9.89. The number of nitrogens with one attached hydrogen (secondary N) is 1. The predicted octanol–water partition coefficient (Wildman–Crippen LogP) is 0.227. The molecule has 1 aromatic carbocycles. The molecule has 3 aromatic rings. The molecule has 3 N–H and O–H groups in total. The minimum Gasteiger partial charge on any atom is -0.497 e. The van der Waals surface area contributed by atoms with Crippen molar-refractivity contribution in [1.82, 2.24) is 35.6 Å². The molecule has 1 aliphatic rings. The summed E-state index contributed by atoms with van der Waals surface area (Å²) >= 11 is 0. The molecule has 13 nitrogen and oxygen atoms in total. The van der Waals surface area contributed by atoms with Crippen molar-refractivity contribution in [2.45, 2.75) is 13.5 Å². The molecular weight excluding hydrogens is 418 g/mol. The van der Waals surface area contributed by atoms with E-state index >= 15 is 0 Å². The number of nitrogens with zero attached hydrogens (tertiary/aromatic N) is 7. The molecule has 0 bridgehead atoms. The Hall–Kier alpha value is -3.84. The maximum atomic E-state index is 12.9. The normalized spacial score (nSPS) is 15.0. The lowest BCUT2D eigenvalue weighted by molar-refractivity contribution is 0.0332. The first-order chi connectivity index (χ1) is 15.6. The van der Waals surface area contributed by atoms with Gasteiger partial charge < -0.3 is 15.2 Å². The molecule has 3 heterocycles. The van der Waals surface area contributed by atoms with Crippen molar-refractivity contribution in [2.75, 3.05) is 39.1 Å². The van der Waals surface area contributed by atoms with Crippen LogP contribution >= 0.6 is 0 Å². The van der Waals surface area contributed by atoms with Crippen LogP contribution in [0.1, 0.15) is 28.7 Å². The van der Waals surface area contributed by atoms with Crippen LogP contribution in [0, 0.1) is 0 Å². The zero-order valence-corrected chi connectivity index (χ0v) is 17.7. The number of hydrazone groups is 1. The number of ether oxygens (including phenoxy) is 2. The van der Waals surface area contributed by atoms with Gasteiger partial charge in [-0.25, -0.2) is 10.1 Å². The van der Waals surface area contributed by atoms with Crippen LogP contribution in [0.15, 0.2) is 34.0 Å². The Balaban J connectivity index is 1.59. The van der Waals surface area contributed by atoms with E-state index in [1.807, 2.05) is 24.3 Å². The van der Waals surface area contributed by atoms with E-state index < -0.39 is 5.91 Å². The number of methoxy groups -OCH3 is 1. The van der Waals surface area contributed by atoms with Gasteiger partial charge in [0.1, 0.15) is 5.75 Å². The third-order valence-electron chi connectivity index (χ3n) is 4.96. The summed E-state index contributed by atoms with van der Waals surface area (Å²) in [4.78, 5) is 15.1. The average molecular weight is 441 g/mol. The third-order valence-corrected chi connectivity index (χ3v) is 4.96. The second-order valence-corrected chi connectivity index (χ2v) is 7.03. The van der Waals surface area contributed by atoms with Crippen LogP contribution in [0.4, 0.5) is 5.82 Å². The second-order valence-electron chi connectivity index (χ2n) is 7.03. The van der Waals surface area contributed by atoms with E-state index in [2.05, 4.69) is 40.7 Å². The summed E-state index contributed by atoms with van der Waals surface area (Å²) < 4.78 is 16.7. The van der Waals surface area contributed by atoms with Crippen LogP contribution in [0.2, 0.25) is 0 Å². The number of nitrogens with two attached hydrogens (primary N) is 1. The van der Waals surface area contributed by atoms with Crippen molar-refractivity contribution < 1.29 is 18.9 Å². The maximum absolute atomic E-state index is 12.9. The van der Waals surface area contributed by atoms with Crippen LogP contribution in [0.3, 0.4) is 0 Å². The Kier molecular flexibility index (Phi) is 6.37. The number of hydrogen-bond acceptors (Lipinski definition) is 11. The lowest BCUT2D eigenvalue weighted by Gasteiger charge is -2.26. The molecule has 0 atom stereocenters. The van der Waals surface area contributed by atoms with E-state index in [1.165, 1.54) is 4.68 Å². The number of benzene rings is 1. The molecule has 1 amide bonds. The topological polar surface area (TPSA) is 159 Å². The van der Waals surface area contributed by atoms with E-state index in [4.69, 9.17) is 15.2 Å². The largest absolute Gasteiger partial charge is 0.497 e. The molecule has 1 aliphatic heterocycles. The molecule has 0 radical (unpaired) electrons. The van der Waals surface area contributed by atoms with Crippen molar-refractivity contribution in [1.29, 1.82) is 0 Å². The lowest BCUT2D eigenvalue weighted by atomic mass is 10.1. The van der Waals surface area contributed by atoms with Crippen LogP contribution in [-0.4, -0.2) is 75.2 Å². The van der Waals surface area contributed by atoms with Gasteiger partial charge in [0.15, 0.2) is 5.69 Å². The summed E-state index contributed by atoms with van der Waals surface area (Å²) in [5, 5.41) is 19.7. The molecule has 1 fully saturated rings. The summed E-state index contributed by atoms with van der Waals surface area (Å²) in [6.07, 6.45) is 0. The van der Waals surface area contributed by atoms with Crippen LogP contribution in [0.25, 0.3) is 5.82 Å². The first kappa shape index (κ1) is 21.4. The number of anilines is 1. The summed E-state index contributed by atoms with van der Waals surface area (Å²) in [5.41, 5.74) is 10.4. The molecule has 0 spiro atoms. The smallest absolute Gasteiger partial charge is 0.293 e. The summed E-state index contributed by atoms with van der Waals surface area (Å²) in [6.45, 7) is 4.76. The molecule has 13 heteroatoms. The Labute approximate surface area is 183 Å². The zero-order valence-electron chi connectivity index (χ0n) is 17.7. The number of hydrogen-bond donors (Lipinski definition) is 2. The molecule has 2 aromatic heterocycles. The van der Waals surface area contributed by atoms with Gasteiger partial charge in [-0.1, -0.05) is 17.3 Å². The Morgan fingerprint density at radius 3 is 2.84 bits per heavy atom. The predicted molar refractivity (Wildman–Crippen MR) is 112 cm³/mol. The van der Waals surface area contributed by atoms with Crippen molar-refractivity contribution in [3.8, 4) is 11.6 Å². The van der Waals surface area contributed by atoms with Gasteiger partial charge in [-0.05, 0) is 29.4 Å². The zero-order chi connectivity index (χ0) is 22.5. The fraction of sp³-hybridized carbons (Fsp3) is 0.368. The summed E-state index contributed by atoms with van der Waals surface area (Å²) in [5.74, 6) is 0.377. The van der Waals surface area contributed by atoms with Gasteiger partial charge in [-0.2, -0.15) is 9.78 Å². The average Bonchev–Trinajstić information content (AvgIpc) is 3.43. The molecule has 0 aliphatic carbocycles. The molecule has 32 heavy (non-hydrogen) atoms. The van der Waals surface area contributed by atoms with Gasteiger partial charge in [0.25, 0.3) is 5.91 Å². The van der Waals surface area contributed by atoms with Gasteiger partial charge in [0.05, 0.1) is 31.7 Å². The third kappa shape index (κ3) is 4.58. The number of aromatic nitrogens is 5. The maximum Gasteiger partial charge on any atom is 0.293 e. The standard InChI is InChI=1S/C19H23N9O4/c1-12(13-4-3-5-14(10-13)30-2)21-23-19(29)16-15(11-27-6-8-31-9-7-27)28(26-22-16)18-17(20)24-32-25-18/h3-5,10H,6-9,11H2,1-2H3,(H2,20,24)(H,23,29)/b21-12-. The van der Waals surface area contributed by atoms with Crippen molar-refractivity contribution >= 4 is 17.4 Å². The van der Waals surface area contributed by atoms with Crippen molar-refractivity contribution in [2.24, 2.45) is 5.10 Å². The van der Waals surface area contributed by atoms with E-state index in [-0.39, 0.29) is 17.3 Å². The number of amides is 1. The second kappa shape index (κ2) is 9.53. The monoisotopic (exact) mass is 441 g/mol. The number of rotatable bonds is 7. The van der Waals surface area contributed by atoms with Crippen LogP contribution in [0.5, 0.6) is 5.75 Å². The highest BCUT2D eigenvalue weighted by molar-refractivity contribution is 6.00. The van der Waals surface area contributed by atoms with Gasteiger partial charge in [0, 0.05) is 25.2 Å². The number of nitrogen functional groups attached to an aromatic ring is 1. The molecule has 4 rings (SSSR count). The quantitative estimate of drug-likeness (QED) is 0.384. The highest BCUT2D eigenvalue weighted by Gasteiger charge is 2.26. The fourth-order valence-corrected chi connectivity index (χ4v) is 3.20. The van der Waals surface area contributed by atoms with E-state index in [1.54, 1.807) is 14.0 Å². The number of morpholine rings is 1. The SMILES string of the molecule is COc1cccc(/C(C)=N\NC(=O)c2nnn(-c3nonc3N)c2CN2CCOCC2)c1. The fourth-order valence-electron chi connectivity index (χ4n) is 3.20. The van der Waals surface area contributed by atoms with Crippen LogP contribution < -0.4 is 15.9 Å². The highest BCUT2D eigenvalue weighted by atomic mass is 16.6. The first-order valence-electron chi connectivity index (χ1n) is 9.89. The summed E-state index contributed by atoms with van der Waals surface area (Å²) in [7, 11) is 1.59. The number of carbonyl (C=O) groups is 1. The summed E-state index contributed by atoms with van der Waals surface area (Å²) in [6, 6.07) is 7.37. The van der Waals surface area contributed by atoms with Gasteiger partial charge in [0.2, 0.25) is 11.6 Å². The lowest BCUT2D eigenvalue weighted by Crippen LogP contribution is -2.37. The Morgan fingerprint density at radius 1 is 1.31 bits per heavy atom. The molecule has 0 saturated carbocycles. The van der Waals surface area contributed by atoms with Gasteiger partial charge >= 0.3 is 0 Å². The van der Waals surface area contributed by atoms with Crippen LogP contribution in [-0.2, 0) is 11.3 Å². The van der Waals surface area contributed by atoms with Crippen molar-refractivity contribution in [3.63, 3.8) is 0 Å². The molecular formula is C19H23N9O4. The Bertz CT molecular complexity index is 1120.